The Kier molecular flexibility index (Phi) is 4.18. The number of hydrogen-bond donors (Lipinski definition) is 3. The van der Waals surface area contributed by atoms with E-state index < -0.39 is 27.4 Å². The topological polar surface area (TPSA) is 126 Å². The van der Waals surface area contributed by atoms with E-state index >= 15 is 0 Å². The van der Waals surface area contributed by atoms with Gasteiger partial charge in [0.1, 0.15) is 11.1 Å². The Labute approximate surface area is 132 Å². The number of nitrogens with one attached hydrogen (secondary N) is 2. The van der Waals surface area contributed by atoms with Gasteiger partial charge in [-0.3, -0.25) is 4.79 Å². The monoisotopic (exact) mass is 340 g/mol. The molecular formula is C14H16N2O6S. The number of carbonyl (C=O) groups is 2. The van der Waals surface area contributed by atoms with E-state index in [1.807, 2.05) is 0 Å². The highest BCUT2D eigenvalue weighted by atomic mass is 32.2. The summed E-state index contributed by atoms with van der Waals surface area (Å²) < 4.78 is 29.9. The van der Waals surface area contributed by atoms with Crippen LogP contribution >= 0.6 is 0 Å². The number of amides is 1. The Bertz CT molecular complexity index is 882. The number of carboxylic acid groups (broad SMARTS) is 1. The number of rotatable bonds is 5. The molecule has 0 bridgehead atoms. The summed E-state index contributed by atoms with van der Waals surface area (Å²) >= 11 is 0. The lowest BCUT2D eigenvalue weighted by Gasteiger charge is -2.23. The highest BCUT2D eigenvalue weighted by molar-refractivity contribution is 7.88. The molecule has 2 aromatic rings. The predicted octanol–water partition coefficient (Wildman–Crippen LogP) is 1.40. The third-order valence-corrected chi connectivity index (χ3v) is 3.87. The highest BCUT2D eigenvalue weighted by Gasteiger charge is 2.30. The molecule has 1 amide bonds. The van der Waals surface area contributed by atoms with E-state index in [4.69, 9.17) is 9.52 Å². The molecule has 1 aromatic carbocycles. The molecule has 0 aliphatic carbocycles. The quantitative estimate of drug-likeness (QED) is 0.755. The molecule has 3 N–H and O–H groups in total. The molecule has 0 unspecified atom stereocenters. The first kappa shape index (κ1) is 17.0. The van der Waals surface area contributed by atoms with Gasteiger partial charge in [0.15, 0.2) is 0 Å². The fourth-order valence-corrected chi connectivity index (χ4v) is 3.04. The number of carboxylic acids is 1. The molecule has 0 aliphatic heterocycles. The lowest BCUT2D eigenvalue weighted by molar-refractivity contribution is -0.120. The Balaban J connectivity index is 2.24. The first-order chi connectivity index (χ1) is 10.5. The van der Waals surface area contributed by atoms with E-state index in [9.17, 15) is 18.0 Å². The molecule has 0 fully saturated rings. The maximum atomic E-state index is 12.2. The predicted molar refractivity (Wildman–Crippen MR) is 83.9 cm³/mol. The Hall–Kier alpha value is -2.39. The molecule has 0 saturated heterocycles. The number of aromatic carboxylic acids is 1. The van der Waals surface area contributed by atoms with Crippen molar-refractivity contribution >= 4 is 38.6 Å². The van der Waals surface area contributed by atoms with Crippen LogP contribution in [0.4, 0.5) is 5.69 Å². The van der Waals surface area contributed by atoms with E-state index in [1.165, 1.54) is 32.0 Å². The molecule has 8 nitrogen and oxygen atoms in total. The molecule has 9 heteroatoms. The minimum absolute atomic E-state index is 0.206. The van der Waals surface area contributed by atoms with Gasteiger partial charge in [-0.1, -0.05) is 0 Å². The first-order valence-electron chi connectivity index (χ1n) is 6.55. The Morgan fingerprint density at radius 1 is 1.22 bits per heavy atom. The van der Waals surface area contributed by atoms with Gasteiger partial charge in [-0.25, -0.2) is 17.9 Å². The van der Waals surface area contributed by atoms with E-state index in [1.54, 1.807) is 6.07 Å². The van der Waals surface area contributed by atoms with Crippen molar-refractivity contribution in [1.29, 1.82) is 0 Å². The van der Waals surface area contributed by atoms with E-state index in [0.717, 1.165) is 6.26 Å². The van der Waals surface area contributed by atoms with Gasteiger partial charge in [0.25, 0.3) is 0 Å². The van der Waals surface area contributed by atoms with Gasteiger partial charge < -0.3 is 14.8 Å². The first-order valence-corrected chi connectivity index (χ1v) is 8.44. The molecule has 2 rings (SSSR count). The smallest absolute Gasteiger partial charge is 0.371 e. The van der Waals surface area contributed by atoms with Crippen LogP contribution in [0.2, 0.25) is 0 Å². The van der Waals surface area contributed by atoms with Gasteiger partial charge in [-0.2, -0.15) is 0 Å². The number of benzene rings is 1. The molecule has 0 aliphatic rings. The van der Waals surface area contributed by atoms with Crippen molar-refractivity contribution in [3.8, 4) is 0 Å². The summed E-state index contributed by atoms with van der Waals surface area (Å²) in [6.07, 6.45) is 0.965. The van der Waals surface area contributed by atoms with Crippen LogP contribution in [-0.2, 0) is 14.8 Å². The molecule has 1 heterocycles. The second kappa shape index (κ2) is 5.67. The molecule has 0 spiro atoms. The summed E-state index contributed by atoms with van der Waals surface area (Å²) in [6, 6.07) is 5.94. The average Bonchev–Trinajstić information content (AvgIpc) is 2.79. The number of anilines is 1. The zero-order chi connectivity index (χ0) is 17.4. The van der Waals surface area contributed by atoms with Crippen LogP contribution in [0.1, 0.15) is 24.4 Å². The fraction of sp³-hybridized carbons (Fsp3) is 0.286. The zero-order valence-corrected chi connectivity index (χ0v) is 13.5. The van der Waals surface area contributed by atoms with Crippen LogP contribution in [-0.4, -0.2) is 37.2 Å². The van der Waals surface area contributed by atoms with Crippen LogP contribution < -0.4 is 10.0 Å². The highest BCUT2D eigenvalue weighted by Crippen LogP contribution is 2.23. The third kappa shape index (κ3) is 4.08. The van der Waals surface area contributed by atoms with Crippen molar-refractivity contribution in [1.82, 2.24) is 4.72 Å². The SMILES string of the molecule is CC(C)(NS(C)(=O)=O)C(=O)Nc1ccc2oc(C(=O)O)cc2c1. The normalized spacial score (nSPS) is 12.3. The minimum Gasteiger partial charge on any atom is -0.475 e. The lowest BCUT2D eigenvalue weighted by atomic mass is 10.1. The van der Waals surface area contributed by atoms with Crippen LogP contribution in [0, 0.1) is 0 Å². The second-order valence-corrected chi connectivity index (χ2v) is 7.37. The van der Waals surface area contributed by atoms with Crippen molar-refractivity contribution in [2.45, 2.75) is 19.4 Å². The largest absolute Gasteiger partial charge is 0.475 e. The van der Waals surface area contributed by atoms with E-state index in [0.29, 0.717) is 16.7 Å². The van der Waals surface area contributed by atoms with Crippen molar-refractivity contribution in [2.24, 2.45) is 0 Å². The summed E-state index contributed by atoms with van der Waals surface area (Å²) in [5.74, 6) is -1.95. The zero-order valence-electron chi connectivity index (χ0n) is 12.7. The van der Waals surface area contributed by atoms with Gasteiger partial charge in [-0.15, -0.1) is 0 Å². The molecule has 23 heavy (non-hydrogen) atoms. The van der Waals surface area contributed by atoms with E-state index in [2.05, 4.69) is 10.0 Å². The van der Waals surface area contributed by atoms with Crippen LogP contribution in [0.5, 0.6) is 0 Å². The summed E-state index contributed by atoms with van der Waals surface area (Å²) in [5, 5.41) is 12.0. The van der Waals surface area contributed by atoms with Gasteiger partial charge in [0.2, 0.25) is 21.7 Å². The van der Waals surface area contributed by atoms with Crippen molar-refractivity contribution in [3.05, 3.63) is 30.0 Å². The van der Waals surface area contributed by atoms with Gasteiger partial charge >= 0.3 is 5.97 Å². The number of sulfonamides is 1. The molecule has 1 aromatic heterocycles. The van der Waals surface area contributed by atoms with Crippen molar-refractivity contribution in [2.75, 3.05) is 11.6 Å². The molecular weight excluding hydrogens is 324 g/mol. The molecule has 124 valence electrons. The van der Waals surface area contributed by atoms with Crippen molar-refractivity contribution < 1.29 is 27.5 Å². The lowest BCUT2D eigenvalue weighted by Crippen LogP contribution is -2.51. The minimum atomic E-state index is -3.55. The average molecular weight is 340 g/mol. The number of carbonyl (C=O) groups excluding carboxylic acids is 1. The number of furan rings is 1. The molecule has 0 atom stereocenters. The number of fused-ring (bicyclic) bond motifs is 1. The Morgan fingerprint density at radius 3 is 2.43 bits per heavy atom. The standard InChI is InChI=1S/C14H16N2O6S/c1-14(2,16-23(3,20)21)13(19)15-9-4-5-10-8(6-9)7-11(22-10)12(17)18/h4-7,16H,1-3H3,(H,15,19)(H,17,18). The fourth-order valence-electron chi connectivity index (χ4n) is 2.02. The second-order valence-electron chi connectivity index (χ2n) is 5.62. The van der Waals surface area contributed by atoms with Crippen LogP contribution in [0.15, 0.2) is 28.7 Å². The summed E-state index contributed by atoms with van der Waals surface area (Å²) in [7, 11) is -3.55. The summed E-state index contributed by atoms with van der Waals surface area (Å²) in [5.41, 5.74) is -0.580. The maximum absolute atomic E-state index is 12.2. The van der Waals surface area contributed by atoms with E-state index in [-0.39, 0.29) is 5.76 Å². The van der Waals surface area contributed by atoms with Gasteiger partial charge in [0, 0.05) is 11.1 Å². The van der Waals surface area contributed by atoms with Crippen LogP contribution in [0.25, 0.3) is 11.0 Å². The summed E-state index contributed by atoms with van der Waals surface area (Å²) in [4.78, 5) is 23.1. The van der Waals surface area contributed by atoms with Gasteiger partial charge in [-0.05, 0) is 38.1 Å². The summed E-state index contributed by atoms with van der Waals surface area (Å²) in [6.45, 7) is 2.87. The molecule has 0 radical (unpaired) electrons. The Morgan fingerprint density at radius 2 is 1.87 bits per heavy atom. The number of hydrogen-bond acceptors (Lipinski definition) is 5. The van der Waals surface area contributed by atoms with Gasteiger partial charge in [0.05, 0.1) is 6.26 Å². The van der Waals surface area contributed by atoms with Crippen molar-refractivity contribution in [3.63, 3.8) is 0 Å². The third-order valence-electron chi connectivity index (χ3n) is 2.99. The maximum Gasteiger partial charge on any atom is 0.371 e. The van der Waals surface area contributed by atoms with Crippen LogP contribution in [0.3, 0.4) is 0 Å². The molecule has 0 saturated carbocycles.